The van der Waals surface area contributed by atoms with E-state index in [1.807, 2.05) is 0 Å². The van der Waals surface area contributed by atoms with Crippen LogP contribution in [0.25, 0.3) is 0 Å². The summed E-state index contributed by atoms with van der Waals surface area (Å²) in [4.78, 5) is 12.1. The molecule has 0 saturated heterocycles. The molecule has 20 heavy (non-hydrogen) atoms. The highest BCUT2D eigenvalue weighted by atomic mass is 19.4. The number of amides is 1. The third-order valence-corrected chi connectivity index (χ3v) is 3.28. The van der Waals surface area contributed by atoms with E-state index in [1.54, 1.807) is 18.2 Å². The van der Waals surface area contributed by atoms with Gasteiger partial charge in [-0.2, -0.15) is 13.2 Å². The zero-order valence-electron chi connectivity index (χ0n) is 11.0. The van der Waals surface area contributed by atoms with E-state index in [4.69, 9.17) is 4.74 Å². The SMILES string of the molecule is C=C1Cc2ccc(OC)cc2CCN1C(=O)C(F)(F)F. The van der Waals surface area contributed by atoms with Gasteiger partial charge in [0.05, 0.1) is 7.11 Å². The van der Waals surface area contributed by atoms with Gasteiger partial charge in [0.25, 0.3) is 0 Å². The Balaban J connectivity index is 2.27. The van der Waals surface area contributed by atoms with Crippen molar-refractivity contribution in [3.05, 3.63) is 41.6 Å². The fourth-order valence-electron chi connectivity index (χ4n) is 2.24. The molecule has 2 rings (SSSR count). The van der Waals surface area contributed by atoms with Crippen molar-refractivity contribution in [2.24, 2.45) is 0 Å². The van der Waals surface area contributed by atoms with Crippen molar-refractivity contribution in [1.29, 1.82) is 0 Å². The monoisotopic (exact) mass is 285 g/mol. The maximum absolute atomic E-state index is 12.5. The Bertz CT molecular complexity index is 552. The summed E-state index contributed by atoms with van der Waals surface area (Å²) in [6.07, 6.45) is -4.31. The number of hydrogen-bond donors (Lipinski definition) is 0. The second-order valence-corrected chi connectivity index (χ2v) is 4.58. The number of fused-ring (bicyclic) bond motifs is 1. The average molecular weight is 285 g/mol. The summed E-state index contributed by atoms with van der Waals surface area (Å²) in [5.41, 5.74) is 1.91. The van der Waals surface area contributed by atoms with Crippen LogP contribution in [0, 0.1) is 0 Å². The fraction of sp³-hybridized carbons (Fsp3) is 0.357. The van der Waals surface area contributed by atoms with Crippen LogP contribution in [0.3, 0.4) is 0 Å². The highest BCUT2D eigenvalue weighted by molar-refractivity contribution is 5.83. The molecule has 3 nitrogen and oxygen atoms in total. The van der Waals surface area contributed by atoms with Crippen molar-refractivity contribution in [3.63, 3.8) is 0 Å². The zero-order valence-corrected chi connectivity index (χ0v) is 11.0. The maximum Gasteiger partial charge on any atom is 0.471 e. The molecule has 6 heteroatoms. The molecule has 1 aliphatic heterocycles. The van der Waals surface area contributed by atoms with Crippen LogP contribution in [0.2, 0.25) is 0 Å². The van der Waals surface area contributed by atoms with E-state index < -0.39 is 12.1 Å². The van der Waals surface area contributed by atoms with Gasteiger partial charge in [-0.25, -0.2) is 0 Å². The van der Waals surface area contributed by atoms with Crippen LogP contribution in [0.15, 0.2) is 30.5 Å². The first-order valence-electron chi connectivity index (χ1n) is 6.05. The normalized spacial score (nSPS) is 15.6. The number of carbonyl (C=O) groups excluding carboxylic acids is 1. The van der Waals surface area contributed by atoms with Crippen LogP contribution < -0.4 is 4.74 Å². The number of hydrogen-bond acceptors (Lipinski definition) is 2. The molecule has 1 aromatic rings. The number of allylic oxidation sites excluding steroid dienone is 1. The van der Waals surface area contributed by atoms with Crippen molar-refractivity contribution >= 4 is 5.91 Å². The van der Waals surface area contributed by atoms with Gasteiger partial charge in [-0.3, -0.25) is 4.79 Å². The molecule has 0 atom stereocenters. The summed E-state index contributed by atoms with van der Waals surface area (Å²) in [6.45, 7) is 3.58. The molecule has 0 radical (unpaired) electrons. The second kappa shape index (κ2) is 5.19. The van der Waals surface area contributed by atoms with Gasteiger partial charge < -0.3 is 9.64 Å². The van der Waals surface area contributed by atoms with Gasteiger partial charge in [0.2, 0.25) is 0 Å². The minimum Gasteiger partial charge on any atom is -0.497 e. The van der Waals surface area contributed by atoms with Gasteiger partial charge in [0.1, 0.15) is 5.75 Å². The lowest BCUT2D eigenvalue weighted by molar-refractivity contribution is -0.183. The molecule has 0 aromatic heterocycles. The second-order valence-electron chi connectivity index (χ2n) is 4.58. The van der Waals surface area contributed by atoms with Crippen molar-refractivity contribution in [1.82, 2.24) is 4.90 Å². The Labute approximate surface area is 114 Å². The number of rotatable bonds is 1. The predicted molar refractivity (Wildman–Crippen MR) is 67.3 cm³/mol. The highest BCUT2D eigenvalue weighted by Crippen LogP contribution is 2.28. The third kappa shape index (κ3) is 2.79. The number of methoxy groups -OCH3 is 1. The first kappa shape index (κ1) is 14.4. The van der Waals surface area contributed by atoms with Gasteiger partial charge in [-0.05, 0) is 29.7 Å². The van der Waals surface area contributed by atoms with E-state index >= 15 is 0 Å². The Hall–Kier alpha value is -1.98. The van der Waals surface area contributed by atoms with Crippen LogP contribution >= 0.6 is 0 Å². The molecule has 0 bridgehead atoms. The van der Waals surface area contributed by atoms with E-state index in [9.17, 15) is 18.0 Å². The Kier molecular flexibility index (Phi) is 3.74. The Morgan fingerprint density at radius 2 is 2.05 bits per heavy atom. The van der Waals surface area contributed by atoms with Crippen LogP contribution in [0.1, 0.15) is 11.1 Å². The van der Waals surface area contributed by atoms with Gasteiger partial charge in [0.15, 0.2) is 0 Å². The van der Waals surface area contributed by atoms with Crippen LogP contribution in [-0.2, 0) is 17.6 Å². The average Bonchev–Trinajstić information content (AvgIpc) is 2.54. The van der Waals surface area contributed by atoms with Gasteiger partial charge in [0, 0.05) is 18.7 Å². The van der Waals surface area contributed by atoms with Crippen LogP contribution in [0.4, 0.5) is 13.2 Å². The zero-order chi connectivity index (χ0) is 14.9. The molecule has 0 spiro atoms. The molecule has 0 fully saturated rings. The van der Waals surface area contributed by atoms with E-state index in [2.05, 4.69) is 6.58 Å². The van der Waals surface area contributed by atoms with Gasteiger partial charge >= 0.3 is 12.1 Å². The maximum atomic E-state index is 12.5. The molecule has 108 valence electrons. The molecular weight excluding hydrogens is 271 g/mol. The lowest BCUT2D eigenvalue weighted by atomic mass is 10.0. The smallest absolute Gasteiger partial charge is 0.471 e. The summed E-state index contributed by atoms with van der Waals surface area (Å²) in [7, 11) is 1.52. The lowest BCUT2D eigenvalue weighted by Gasteiger charge is -2.23. The van der Waals surface area contributed by atoms with Crippen molar-refractivity contribution < 1.29 is 22.7 Å². The van der Waals surface area contributed by atoms with Crippen LogP contribution in [-0.4, -0.2) is 30.6 Å². The largest absolute Gasteiger partial charge is 0.497 e. The summed E-state index contributed by atoms with van der Waals surface area (Å²) in [6, 6.07) is 5.32. The van der Waals surface area contributed by atoms with Gasteiger partial charge in [-0.1, -0.05) is 12.6 Å². The summed E-state index contributed by atoms with van der Waals surface area (Å²) in [5.74, 6) is -1.22. The topological polar surface area (TPSA) is 29.5 Å². The Morgan fingerprint density at radius 3 is 2.65 bits per heavy atom. The number of benzene rings is 1. The number of alkyl halides is 3. The third-order valence-electron chi connectivity index (χ3n) is 3.28. The standard InChI is InChI=1S/C14H14F3NO2/c1-9-7-10-3-4-12(20-2)8-11(10)5-6-18(9)13(19)14(15,16)17/h3-4,8H,1,5-7H2,2H3. The molecule has 0 aliphatic carbocycles. The number of nitrogens with zero attached hydrogens (tertiary/aromatic N) is 1. The minimum absolute atomic E-state index is 0.0304. The molecule has 1 amide bonds. The van der Waals surface area contributed by atoms with E-state index in [-0.39, 0.29) is 18.7 Å². The summed E-state index contributed by atoms with van der Waals surface area (Å²) in [5, 5.41) is 0. The van der Waals surface area contributed by atoms with E-state index in [0.717, 1.165) is 11.1 Å². The fourth-order valence-corrected chi connectivity index (χ4v) is 2.24. The molecule has 1 heterocycles. The van der Waals surface area contributed by atoms with Gasteiger partial charge in [-0.15, -0.1) is 0 Å². The lowest BCUT2D eigenvalue weighted by Crippen LogP contribution is -2.41. The highest BCUT2D eigenvalue weighted by Gasteiger charge is 2.43. The van der Waals surface area contributed by atoms with Crippen LogP contribution in [0.5, 0.6) is 5.75 Å². The number of ether oxygens (including phenoxy) is 1. The minimum atomic E-state index is -4.88. The molecule has 1 aliphatic rings. The number of carbonyl (C=O) groups is 1. The Morgan fingerprint density at radius 1 is 1.35 bits per heavy atom. The molecule has 0 unspecified atom stereocenters. The van der Waals surface area contributed by atoms with Crippen molar-refractivity contribution in [3.8, 4) is 5.75 Å². The van der Waals surface area contributed by atoms with E-state index in [0.29, 0.717) is 17.1 Å². The molecule has 0 saturated carbocycles. The van der Waals surface area contributed by atoms with Crippen molar-refractivity contribution in [2.75, 3.05) is 13.7 Å². The molecule has 0 N–H and O–H groups in total. The summed E-state index contributed by atoms with van der Waals surface area (Å²) >= 11 is 0. The quantitative estimate of drug-likeness (QED) is 0.794. The first-order chi connectivity index (χ1) is 9.32. The number of halogens is 3. The van der Waals surface area contributed by atoms with Crippen molar-refractivity contribution in [2.45, 2.75) is 19.0 Å². The molecular formula is C14H14F3NO2. The first-order valence-corrected chi connectivity index (χ1v) is 6.05. The summed E-state index contributed by atoms with van der Waals surface area (Å²) < 4.78 is 42.7. The predicted octanol–water partition coefficient (Wildman–Crippen LogP) is 2.70. The van der Waals surface area contributed by atoms with E-state index in [1.165, 1.54) is 7.11 Å². The molecule has 1 aromatic carbocycles.